The smallest absolute Gasteiger partial charge is 0.405 e. The third-order valence-electron chi connectivity index (χ3n) is 3.05. The number of nitrogens with one attached hydrogen (secondary N) is 1. The molecule has 2 aromatic carbocycles. The zero-order chi connectivity index (χ0) is 16.6. The third kappa shape index (κ3) is 3.21. The van der Waals surface area contributed by atoms with Gasteiger partial charge in [0.25, 0.3) is 5.56 Å². The molecule has 3 aromatic rings. The topological polar surface area (TPSA) is 55.0 Å². The maximum absolute atomic E-state index is 12.6. The number of para-hydroxylation sites is 1. The van der Waals surface area contributed by atoms with Crippen LogP contribution in [0, 0.1) is 0 Å². The number of hydrogen-bond acceptors (Lipinski definition) is 3. The molecular weight excluding hydrogens is 377 g/mol. The summed E-state index contributed by atoms with van der Waals surface area (Å²) in [4.78, 5) is 18.8. The fraction of sp³-hybridized carbons (Fsp3) is 0.0667. The molecule has 23 heavy (non-hydrogen) atoms. The Morgan fingerprint density at radius 2 is 1.83 bits per heavy atom. The molecule has 4 nitrogen and oxygen atoms in total. The van der Waals surface area contributed by atoms with Crippen molar-refractivity contribution in [2.45, 2.75) is 6.36 Å². The van der Waals surface area contributed by atoms with Gasteiger partial charge in [-0.25, -0.2) is 4.98 Å². The van der Waals surface area contributed by atoms with Crippen LogP contribution in [0.2, 0.25) is 0 Å². The summed E-state index contributed by atoms with van der Waals surface area (Å²) < 4.78 is 42.1. The maximum atomic E-state index is 12.6. The lowest BCUT2D eigenvalue weighted by molar-refractivity contribution is -0.274. The monoisotopic (exact) mass is 384 g/mol. The maximum Gasteiger partial charge on any atom is 0.573 e. The summed E-state index contributed by atoms with van der Waals surface area (Å²) in [6.07, 6.45) is -4.85. The summed E-state index contributed by atoms with van der Waals surface area (Å²) in [5.41, 5.74) is -0.0491. The summed E-state index contributed by atoms with van der Waals surface area (Å²) >= 11 is 3.17. The van der Waals surface area contributed by atoms with Gasteiger partial charge in [0, 0.05) is 4.47 Å². The van der Waals surface area contributed by atoms with Gasteiger partial charge in [0.15, 0.2) is 0 Å². The van der Waals surface area contributed by atoms with Crippen molar-refractivity contribution in [2.24, 2.45) is 0 Å². The van der Waals surface area contributed by atoms with E-state index in [0.29, 0.717) is 15.4 Å². The Balaban J connectivity index is 2.24. The highest BCUT2D eigenvalue weighted by Gasteiger charge is 2.33. The van der Waals surface area contributed by atoms with E-state index in [0.717, 1.165) is 6.07 Å². The molecule has 1 aromatic heterocycles. The molecule has 0 aliphatic carbocycles. The first kappa shape index (κ1) is 15.5. The average molecular weight is 385 g/mol. The van der Waals surface area contributed by atoms with Gasteiger partial charge in [0.2, 0.25) is 0 Å². The quantitative estimate of drug-likeness (QED) is 0.718. The number of halogens is 4. The van der Waals surface area contributed by atoms with E-state index in [1.54, 1.807) is 24.3 Å². The van der Waals surface area contributed by atoms with Crippen LogP contribution in [0.5, 0.6) is 5.75 Å². The van der Waals surface area contributed by atoms with E-state index in [1.165, 1.54) is 12.1 Å². The van der Waals surface area contributed by atoms with E-state index < -0.39 is 17.7 Å². The number of H-pyrrole nitrogens is 1. The predicted molar refractivity (Wildman–Crippen MR) is 82.2 cm³/mol. The van der Waals surface area contributed by atoms with Gasteiger partial charge in [-0.2, -0.15) is 0 Å². The van der Waals surface area contributed by atoms with Gasteiger partial charge >= 0.3 is 6.36 Å². The van der Waals surface area contributed by atoms with E-state index in [4.69, 9.17) is 0 Å². The first-order valence-electron chi connectivity index (χ1n) is 6.39. The van der Waals surface area contributed by atoms with Crippen molar-refractivity contribution in [1.29, 1.82) is 0 Å². The Kier molecular flexibility index (Phi) is 3.85. The highest BCUT2D eigenvalue weighted by molar-refractivity contribution is 9.10. The van der Waals surface area contributed by atoms with Crippen LogP contribution in [0.4, 0.5) is 13.2 Å². The van der Waals surface area contributed by atoms with Crippen molar-refractivity contribution >= 4 is 26.8 Å². The summed E-state index contributed by atoms with van der Waals surface area (Å²) in [7, 11) is 0. The fourth-order valence-electron chi connectivity index (χ4n) is 2.15. The number of aromatic nitrogens is 2. The summed E-state index contributed by atoms with van der Waals surface area (Å²) in [5, 5.41) is 0.349. The number of benzene rings is 2. The number of aromatic amines is 1. The van der Waals surface area contributed by atoms with Crippen LogP contribution in [0.1, 0.15) is 0 Å². The van der Waals surface area contributed by atoms with Crippen molar-refractivity contribution in [3.63, 3.8) is 0 Å². The van der Waals surface area contributed by atoms with E-state index in [9.17, 15) is 18.0 Å². The first-order chi connectivity index (χ1) is 10.8. The highest BCUT2D eigenvalue weighted by Crippen LogP contribution is 2.37. The molecular formula is C15H8BrF3N2O2. The molecule has 0 unspecified atom stereocenters. The molecule has 118 valence electrons. The molecule has 0 aliphatic heterocycles. The van der Waals surface area contributed by atoms with Crippen molar-refractivity contribution in [2.75, 3.05) is 0 Å². The number of hydrogen-bond donors (Lipinski definition) is 1. The van der Waals surface area contributed by atoms with E-state index >= 15 is 0 Å². The second kappa shape index (κ2) is 5.69. The largest absolute Gasteiger partial charge is 0.573 e. The molecule has 1 N–H and O–H groups in total. The van der Waals surface area contributed by atoms with Crippen LogP contribution in [-0.4, -0.2) is 16.3 Å². The molecule has 0 radical (unpaired) electrons. The molecule has 8 heteroatoms. The molecule has 1 heterocycles. The zero-order valence-corrected chi connectivity index (χ0v) is 12.9. The number of nitrogens with zero attached hydrogens (tertiary/aromatic N) is 1. The minimum atomic E-state index is -4.85. The lowest BCUT2D eigenvalue weighted by Crippen LogP contribution is -2.18. The number of alkyl halides is 3. The minimum Gasteiger partial charge on any atom is -0.405 e. The number of ether oxygens (including phenoxy) is 1. The van der Waals surface area contributed by atoms with Crippen LogP contribution < -0.4 is 10.3 Å². The van der Waals surface area contributed by atoms with Gasteiger partial charge in [-0.3, -0.25) is 4.79 Å². The number of rotatable bonds is 2. The van der Waals surface area contributed by atoms with Crippen molar-refractivity contribution in [1.82, 2.24) is 9.97 Å². The van der Waals surface area contributed by atoms with Gasteiger partial charge < -0.3 is 9.72 Å². The summed E-state index contributed by atoms with van der Waals surface area (Å²) in [5.74, 6) is -0.467. The molecule has 0 atom stereocenters. The Hall–Kier alpha value is -2.35. The Bertz CT molecular complexity index is 938. The van der Waals surface area contributed by atoms with E-state index in [2.05, 4.69) is 30.6 Å². The lowest BCUT2D eigenvalue weighted by atomic mass is 10.1. The SMILES string of the molecule is O=c1[nH]c(-c2c(Br)cccc2OC(F)(F)F)nc2ccccc12. The first-order valence-corrected chi connectivity index (χ1v) is 7.18. The van der Waals surface area contributed by atoms with E-state index in [1.807, 2.05) is 0 Å². The molecule has 0 saturated carbocycles. The standard InChI is InChI=1S/C15H8BrF3N2O2/c16-9-5-3-7-11(23-15(17,18)19)12(9)13-20-10-6-2-1-4-8(10)14(22)21-13/h1-7H,(H,20,21,22). The molecule has 0 aliphatic rings. The second-order valence-corrected chi connectivity index (χ2v) is 5.45. The van der Waals surface area contributed by atoms with Crippen molar-refractivity contribution < 1.29 is 17.9 Å². The van der Waals surface area contributed by atoms with Crippen LogP contribution in [-0.2, 0) is 0 Å². The normalized spacial score (nSPS) is 11.7. The molecule has 0 saturated heterocycles. The van der Waals surface area contributed by atoms with Gasteiger partial charge in [-0.1, -0.05) is 18.2 Å². The average Bonchev–Trinajstić information content (AvgIpc) is 2.45. The Morgan fingerprint density at radius 1 is 1.09 bits per heavy atom. The van der Waals surface area contributed by atoms with Gasteiger partial charge in [0.05, 0.1) is 16.5 Å². The van der Waals surface area contributed by atoms with Crippen LogP contribution in [0.3, 0.4) is 0 Å². The summed E-state index contributed by atoms with van der Waals surface area (Å²) in [6.45, 7) is 0. The van der Waals surface area contributed by atoms with E-state index in [-0.39, 0.29) is 11.4 Å². The lowest BCUT2D eigenvalue weighted by Gasteiger charge is -2.14. The summed E-state index contributed by atoms with van der Waals surface area (Å²) in [6, 6.07) is 10.6. The van der Waals surface area contributed by atoms with Gasteiger partial charge in [-0.05, 0) is 40.2 Å². The van der Waals surface area contributed by atoms with Crippen LogP contribution in [0.15, 0.2) is 51.7 Å². The molecule has 0 amide bonds. The minimum absolute atomic E-state index is 0.0135. The second-order valence-electron chi connectivity index (χ2n) is 4.59. The third-order valence-corrected chi connectivity index (χ3v) is 3.71. The van der Waals surface area contributed by atoms with Crippen LogP contribution in [0.25, 0.3) is 22.3 Å². The highest BCUT2D eigenvalue weighted by atomic mass is 79.9. The molecule has 3 rings (SSSR count). The molecule has 0 bridgehead atoms. The predicted octanol–water partition coefficient (Wildman–Crippen LogP) is 4.25. The van der Waals surface area contributed by atoms with Crippen molar-refractivity contribution in [3.8, 4) is 17.1 Å². The fourth-order valence-corrected chi connectivity index (χ4v) is 2.68. The molecule has 0 spiro atoms. The Labute approximate surface area is 136 Å². The van der Waals surface area contributed by atoms with Crippen molar-refractivity contribution in [3.05, 3.63) is 57.3 Å². The number of fused-ring (bicyclic) bond motifs is 1. The Morgan fingerprint density at radius 3 is 2.57 bits per heavy atom. The van der Waals surface area contributed by atoms with Gasteiger partial charge in [0.1, 0.15) is 11.6 Å². The van der Waals surface area contributed by atoms with Gasteiger partial charge in [-0.15, -0.1) is 13.2 Å². The van der Waals surface area contributed by atoms with Crippen LogP contribution >= 0.6 is 15.9 Å². The molecule has 0 fully saturated rings. The zero-order valence-electron chi connectivity index (χ0n) is 11.3.